The van der Waals surface area contributed by atoms with Crippen LogP contribution < -0.4 is 5.69 Å². The maximum Gasteiger partial charge on any atom is 0.334 e. The molecule has 2 aromatic heterocycles. The smallest absolute Gasteiger partial charge is 0.334 e. The molecule has 7 heteroatoms. The standard InChI is InChI=1S/C18H22BrN3O3/c1-24-16-11-25-10-12(16)9-21-15-7-13(19)8-20-17(15)22(18(21)23)14-5-3-2-4-6-14/h5,7-8,12,16H,2-4,6,9-11H2,1H3/t12-,16+/m1/s1. The summed E-state index contributed by atoms with van der Waals surface area (Å²) in [7, 11) is 1.70. The first kappa shape index (κ1) is 17.0. The van der Waals surface area contributed by atoms with E-state index in [0.717, 1.165) is 40.6 Å². The number of imidazole rings is 1. The Morgan fingerprint density at radius 2 is 2.28 bits per heavy atom. The Kier molecular flexibility index (Phi) is 4.80. The second kappa shape index (κ2) is 7.05. The first-order valence-corrected chi connectivity index (χ1v) is 9.55. The summed E-state index contributed by atoms with van der Waals surface area (Å²) in [5, 5.41) is 0. The highest BCUT2D eigenvalue weighted by Crippen LogP contribution is 2.26. The summed E-state index contributed by atoms with van der Waals surface area (Å²) >= 11 is 3.48. The highest BCUT2D eigenvalue weighted by Gasteiger charge is 2.30. The van der Waals surface area contributed by atoms with E-state index < -0.39 is 0 Å². The van der Waals surface area contributed by atoms with Gasteiger partial charge in [-0.1, -0.05) is 6.08 Å². The highest BCUT2D eigenvalue weighted by molar-refractivity contribution is 9.10. The van der Waals surface area contributed by atoms with Gasteiger partial charge < -0.3 is 9.47 Å². The number of aromatic nitrogens is 3. The van der Waals surface area contributed by atoms with E-state index in [9.17, 15) is 4.79 Å². The summed E-state index contributed by atoms with van der Waals surface area (Å²) in [5.74, 6) is 0.168. The number of rotatable bonds is 4. The van der Waals surface area contributed by atoms with E-state index in [1.165, 1.54) is 6.42 Å². The number of hydrogen-bond donors (Lipinski definition) is 0. The summed E-state index contributed by atoms with van der Waals surface area (Å²) in [6, 6.07) is 1.97. The van der Waals surface area contributed by atoms with Gasteiger partial charge in [0.15, 0.2) is 5.65 Å². The lowest BCUT2D eigenvalue weighted by atomic mass is 10.0. The minimum absolute atomic E-state index is 0.0181. The third-order valence-electron chi connectivity index (χ3n) is 5.15. The number of hydrogen-bond acceptors (Lipinski definition) is 4. The number of nitrogens with zero attached hydrogens (tertiary/aromatic N) is 3. The van der Waals surface area contributed by atoms with Crippen molar-refractivity contribution in [1.29, 1.82) is 0 Å². The van der Waals surface area contributed by atoms with Gasteiger partial charge in [-0.25, -0.2) is 14.3 Å². The van der Waals surface area contributed by atoms with Crippen molar-refractivity contribution >= 4 is 32.8 Å². The summed E-state index contributed by atoms with van der Waals surface area (Å²) in [6.07, 6.45) is 8.20. The van der Waals surface area contributed by atoms with Gasteiger partial charge in [-0.3, -0.25) is 4.57 Å². The molecule has 0 unspecified atom stereocenters. The van der Waals surface area contributed by atoms with Crippen LogP contribution in [0, 0.1) is 5.92 Å². The molecule has 2 atom stereocenters. The Morgan fingerprint density at radius 1 is 1.40 bits per heavy atom. The molecule has 2 aliphatic rings. The SMILES string of the molecule is CO[C@H]1COC[C@H]1Cn1c(=O)n(C2=CCCCC2)c2ncc(Br)cc21. The molecule has 25 heavy (non-hydrogen) atoms. The fourth-order valence-electron chi connectivity index (χ4n) is 3.81. The second-order valence-corrected chi connectivity index (χ2v) is 7.65. The van der Waals surface area contributed by atoms with Gasteiger partial charge in [-0.05, 0) is 47.7 Å². The fourth-order valence-corrected chi connectivity index (χ4v) is 4.13. The molecule has 0 saturated carbocycles. The molecule has 1 saturated heterocycles. The van der Waals surface area contributed by atoms with Gasteiger partial charge in [-0.2, -0.15) is 0 Å². The minimum atomic E-state index is -0.0181. The van der Waals surface area contributed by atoms with Crippen molar-refractivity contribution in [2.75, 3.05) is 20.3 Å². The number of fused-ring (bicyclic) bond motifs is 1. The van der Waals surface area contributed by atoms with Crippen molar-refractivity contribution in [1.82, 2.24) is 14.1 Å². The first-order valence-electron chi connectivity index (χ1n) is 8.76. The molecule has 134 valence electrons. The molecule has 0 bridgehead atoms. The summed E-state index contributed by atoms with van der Waals surface area (Å²) in [4.78, 5) is 17.8. The predicted molar refractivity (Wildman–Crippen MR) is 99.5 cm³/mol. The normalized spacial score (nSPS) is 24.0. The number of ether oxygens (including phenoxy) is 2. The molecule has 1 aliphatic carbocycles. The molecule has 2 aromatic rings. The predicted octanol–water partition coefficient (Wildman–Crippen LogP) is 3.04. The van der Waals surface area contributed by atoms with Crippen molar-refractivity contribution in [3.8, 4) is 0 Å². The average molecular weight is 408 g/mol. The van der Waals surface area contributed by atoms with Crippen molar-refractivity contribution < 1.29 is 9.47 Å². The monoisotopic (exact) mass is 407 g/mol. The van der Waals surface area contributed by atoms with E-state index in [4.69, 9.17) is 9.47 Å². The molecular weight excluding hydrogens is 386 g/mol. The van der Waals surface area contributed by atoms with Gasteiger partial charge >= 0.3 is 5.69 Å². The second-order valence-electron chi connectivity index (χ2n) is 6.74. The van der Waals surface area contributed by atoms with Crippen LogP contribution in [0.4, 0.5) is 0 Å². The molecular formula is C18H22BrN3O3. The molecule has 1 aliphatic heterocycles. The number of allylic oxidation sites excluding steroid dienone is 2. The van der Waals surface area contributed by atoms with Crippen LogP contribution in [0.5, 0.6) is 0 Å². The van der Waals surface area contributed by atoms with Crippen LogP contribution in [-0.4, -0.2) is 40.5 Å². The molecule has 0 radical (unpaired) electrons. The first-order chi connectivity index (χ1) is 12.2. The molecule has 0 amide bonds. The van der Waals surface area contributed by atoms with E-state index in [2.05, 4.69) is 27.0 Å². The van der Waals surface area contributed by atoms with Crippen LogP contribution in [0.25, 0.3) is 16.9 Å². The van der Waals surface area contributed by atoms with Crippen LogP contribution in [0.3, 0.4) is 0 Å². The number of halogens is 1. The van der Waals surface area contributed by atoms with Crippen LogP contribution in [0.15, 0.2) is 27.6 Å². The topological polar surface area (TPSA) is 58.3 Å². The molecule has 0 aromatic carbocycles. The fraction of sp³-hybridized carbons (Fsp3) is 0.556. The average Bonchev–Trinajstić information content (AvgIpc) is 3.19. The molecule has 3 heterocycles. The Balaban J connectivity index is 1.83. The zero-order chi connectivity index (χ0) is 17.4. The van der Waals surface area contributed by atoms with E-state index in [1.54, 1.807) is 17.9 Å². The van der Waals surface area contributed by atoms with E-state index in [-0.39, 0.29) is 17.7 Å². The van der Waals surface area contributed by atoms with Gasteiger partial charge in [0.2, 0.25) is 0 Å². The molecule has 6 nitrogen and oxygen atoms in total. The van der Waals surface area contributed by atoms with Gasteiger partial charge in [0.25, 0.3) is 0 Å². The Labute approximate surface area is 154 Å². The maximum atomic E-state index is 13.2. The van der Waals surface area contributed by atoms with Gasteiger partial charge in [-0.15, -0.1) is 0 Å². The molecule has 4 rings (SSSR count). The maximum absolute atomic E-state index is 13.2. The van der Waals surface area contributed by atoms with E-state index >= 15 is 0 Å². The molecule has 0 N–H and O–H groups in total. The van der Waals surface area contributed by atoms with Crippen molar-refractivity contribution in [3.05, 3.63) is 33.3 Å². The van der Waals surface area contributed by atoms with Gasteiger partial charge in [0.1, 0.15) is 0 Å². The van der Waals surface area contributed by atoms with Crippen molar-refractivity contribution in [2.45, 2.75) is 38.3 Å². The lowest BCUT2D eigenvalue weighted by molar-refractivity contribution is 0.0632. The lowest BCUT2D eigenvalue weighted by Gasteiger charge is -2.16. The Hall–Kier alpha value is -1.44. The quantitative estimate of drug-likeness (QED) is 0.781. The third-order valence-corrected chi connectivity index (χ3v) is 5.59. The van der Waals surface area contributed by atoms with Crippen LogP contribution in [0.1, 0.15) is 25.7 Å². The third kappa shape index (κ3) is 3.09. The van der Waals surface area contributed by atoms with Crippen LogP contribution in [-0.2, 0) is 16.0 Å². The highest BCUT2D eigenvalue weighted by atomic mass is 79.9. The van der Waals surface area contributed by atoms with E-state index in [1.807, 2.05) is 10.6 Å². The molecule has 1 fully saturated rings. The zero-order valence-corrected chi connectivity index (χ0v) is 15.9. The zero-order valence-electron chi connectivity index (χ0n) is 14.3. The Bertz CT molecular complexity index is 870. The largest absolute Gasteiger partial charge is 0.379 e. The molecule has 0 spiro atoms. The van der Waals surface area contributed by atoms with Crippen molar-refractivity contribution in [2.24, 2.45) is 5.92 Å². The van der Waals surface area contributed by atoms with Gasteiger partial charge in [0.05, 0.1) is 24.8 Å². The number of pyridine rings is 1. The Morgan fingerprint density at radius 3 is 3.04 bits per heavy atom. The minimum Gasteiger partial charge on any atom is -0.379 e. The van der Waals surface area contributed by atoms with Crippen molar-refractivity contribution in [3.63, 3.8) is 0 Å². The summed E-state index contributed by atoms with van der Waals surface area (Å²) in [5.41, 5.74) is 2.64. The summed E-state index contributed by atoms with van der Waals surface area (Å²) in [6.45, 7) is 1.77. The summed E-state index contributed by atoms with van der Waals surface area (Å²) < 4.78 is 15.5. The lowest BCUT2D eigenvalue weighted by Crippen LogP contribution is -2.31. The number of methoxy groups -OCH3 is 1. The van der Waals surface area contributed by atoms with Crippen LogP contribution in [0.2, 0.25) is 0 Å². The van der Waals surface area contributed by atoms with E-state index in [0.29, 0.717) is 19.8 Å². The van der Waals surface area contributed by atoms with Crippen LogP contribution >= 0.6 is 15.9 Å². The van der Waals surface area contributed by atoms with Gasteiger partial charge in [0, 0.05) is 35.9 Å².